The van der Waals surface area contributed by atoms with Crippen molar-refractivity contribution in [3.8, 4) is 23.0 Å². The van der Waals surface area contributed by atoms with E-state index in [1.54, 1.807) is 4.68 Å². The summed E-state index contributed by atoms with van der Waals surface area (Å²) >= 11 is 0. The Hall–Kier alpha value is -3.33. The van der Waals surface area contributed by atoms with Crippen LogP contribution in [0.1, 0.15) is 12.5 Å². The monoisotopic (exact) mass is 405 g/mol. The number of anilines is 3. The maximum absolute atomic E-state index is 5.90. The first-order valence-corrected chi connectivity index (χ1v) is 10.4. The molecule has 0 aliphatic carbocycles. The van der Waals surface area contributed by atoms with Crippen LogP contribution in [0.25, 0.3) is 17.1 Å². The standard InChI is InChI=1S/C21H23N7O2/c1-2-26-13-22-17-18(26)23-21(24-19(17)27-7-9-29-10-8-27)28-11-16-15-6-4-3-5-14(15)12-30-20(16)25-28/h3-6,11,22H,2,7-10,12-13H2,1H3. The zero-order valence-electron chi connectivity index (χ0n) is 16.8. The molecule has 1 saturated heterocycles. The van der Waals surface area contributed by atoms with Crippen LogP contribution < -0.4 is 19.9 Å². The van der Waals surface area contributed by atoms with Gasteiger partial charge in [-0.2, -0.15) is 9.97 Å². The van der Waals surface area contributed by atoms with Crippen molar-refractivity contribution >= 4 is 17.3 Å². The van der Waals surface area contributed by atoms with Crippen molar-refractivity contribution in [3.05, 3.63) is 36.0 Å². The van der Waals surface area contributed by atoms with Crippen molar-refractivity contribution in [1.82, 2.24) is 19.7 Å². The summed E-state index contributed by atoms with van der Waals surface area (Å²) in [5, 5.41) is 8.14. The highest BCUT2D eigenvalue weighted by Crippen LogP contribution is 2.40. The third-order valence-electron chi connectivity index (χ3n) is 5.85. The van der Waals surface area contributed by atoms with Gasteiger partial charge in [0.1, 0.15) is 12.3 Å². The minimum atomic E-state index is 0.526. The molecule has 0 spiro atoms. The third-order valence-corrected chi connectivity index (χ3v) is 5.85. The lowest BCUT2D eigenvalue weighted by Gasteiger charge is -2.29. The molecule has 6 rings (SSSR count). The van der Waals surface area contributed by atoms with Crippen LogP contribution in [0, 0.1) is 0 Å². The topological polar surface area (TPSA) is 80.6 Å². The Labute approximate surface area is 174 Å². The van der Waals surface area contributed by atoms with Crippen LogP contribution in [0.15, 0.2) is 30.5 Å². The number of nitrogens with zero attached hydrogens (tertiary/aromatic N) is 6. The summed E-state index contributed by atoms with van der Waals surface area (Å²) in [6, 6.07) is 8.26. The van der Waals surface area contributed by atoms with Crippen molar-refractivity contribution in [2.75, 3.05) is 54.6 Å². The van der Waals surface area contributed by atoms with Crippen LogP contribution in [-0.4, -0.2) is 59.3 Å². The number of nitrogens with one attached hydrogen (secondary N) is 1. The van der Waals surface area contributed by atoms with Crippen LogP contribution in [0.3, 0.4) is 0 Å². The van der Waals surface area contributed by atoms with E-state index in [-0.39, 0.29) is 0 Å². The van der Waals surface area contributed by atoms with Gasteiger partial charge in [0.2, 0.25) is 5.88 Å². The molecule has 0 radical (unpaired) electrons. The number of hydrogen-bond donors (Lipinski definition) is 1. The van der Waals surface area contributed by atoms with Crippen molar-refractivity contribution in [2.24, 2.45) is 0 Å². The highest BCUT2D eigenvalue weighted by Gasteiger charge is 2.29. The normalized spacial score (nSPS) is 17.1. The molecule has 3 aliphatic rings. The Morgan fingerprint density at radius 2 is 1.90 bits per heavy atom. The average molecular weight is 405 g/mol. The molecule has 0 atom stereocenters. The van der Waals surface area contributed by atoms with E-state index in [0.717, 1.165) is 60.3 Å². The number of fused-ring (bicyclic) bond motifs is 4. The fourth-order valence-corrected chi connectivity index (χ4v) is 4.24. The predicted molar refractivity (Wildman–Crippen MR) is 113 cm³/mol. The van der Waals surface area contributed by atoms with Gasteiger partial charge in [-0.25, -0.2) is 4.68 Å². The highest BCUT2D eigenvalue weighted by molar-refractivity contribution is 5.83. The first-order chi connectivity index (χ1) is 14.8. The third kappa shape index (κ3) is 2.69. The second-order valence-electron chi connectivity index (χ2n) is 7.57. The maximum Gasteiger partial charge on any atom is 0.254 e. The molecule has 1 N–H and O–H groups in total. The van der Waals surface area contributed by atoms with Gasteiger partial charge in [-0.15, -0.1) is 5.10 Å². The lowest BCUT2D eigenvalue weighted by atomic mass is 10.0. The number of aromatic nitrogens is 4. The Kier molecular flexibility index (Phi) is 4.02. The van der Waals surface area contributed by atoms with Gasteiger partial charge >= 0.3 is 0 Å². The molecule has 0 bridgehead atoms. The summed E-state index contributed by atoms with van der Waals surface area (Å²) in [6.07, 6.45) is 1.97. The molecule has 0 saturated carbocycles. The van der Waals surface area contributed by atoms with Crippen LogP contribution in [0.4, 0.5) is 17.3 Å². The fourth-order valence-electron chi connectivity index (χ4n) is 4.24. The number of morpholine rings is 1. The second kappa shape index (κ2) is 6.88. The summed E-state index contributed by atoms with van der Waals surface area (Å²) in [5.74, 6) is 2.99. The molecule has 3 aromatic rings. The molecule has 9 nitrogen and oxygen atoms in total. The summed E-state index contributed by atoms with van der Waals surface area (Å²) < 4.78 is 13.2. The summed E-state index contributed by atoms with van der Waals surface area (Å²) in [5.41, 5.74) is 4.27. The minimum Gasteiger partial charge on any atom is -0.471 e. The Bertz CT molecular complexity index is 1110. The van der Waals surface area contributed by atoms with E-state index in [4.69, 9.17) is 19.4 Å². The van der Waals surface area contributed by atoms with E-state index < -0.39 is 0 Å². The molecule has 2 aromatic heterocycles. The van der Waals surface area contributed by atoms with E-state index in [9.17, 15) is 0 Å². The van der Waals surface area contributed by atoms with Crippen LogP contribution in [-0.2, 0) is 11.3 Å². The zero-order chi connectivity index (χ0) is 20.1. The van der Waals surface area contributed by atoms with Crippen LogP contribution in [0.2, 0.25) is 0 Å². The first-order valence-electron chi connectivity index (χ1n) is 10.4. The van der Waals surface area contributed by atoms with Crippen molar-refractivity contribution < 1.29 is 9.47 Å². The molecular weight excluding hydrogens is 382 g/mol. The molecule has 30 heavy (non-hydrogen) atoms. The summed E-state index contributed by atoms with van der Waals surface area (Å²) in [6.45, 7) is 7.27. The van der Waals surface area contributed by atoms with Crippen LogP contribution >= 0.6 is 0 Å². The largest absolute Gasteiger partial charge is 0.471 e. The average Bonchev–Trinajstić information content (AvgIpc) is 3.43. The molecule has 0 amide bonds. The van der Waals surface area contributed by atoms with Crippen LogP contribution in [0.5, 0.6) is 5.88 Å². The van der Waals surface area contributed by atoms with Crippen molar-refractivity contribution in [3.63, 3.8) is 0 Å². The molecule has 3 aliphatic heterocycles. The number of benzene rings is 1. The van der Waals surface area contributed by atoms with E-state index in [1.165, 1.54) is 0 Å². The quantitative estimate of drug-likeness (QED) is 0.711. The maximum atomic E-state index is 5.90. The molecule has 1 fully saturated rings. The van der Waals surface area contributed by atoms with Gasteiger partial charge in [-0.3, -0.25) is 0 Å². The van der Waals surface area contributed by atoms with Gasteiger partial charge in [-0.1, -0.05) is 24.3 Å². The second-order valence-corrected chi connectivity index (χ2v) is 7.57. The minimum absolute atomic E-state index is 0.526. The molecule has 0 unspecified atom stereocenters. The SMILES string of the molecule is CCN1CNc2c(N3CCOCC3)nc(-n3cc4c(n3)OCc3ccccc3-4)nc21. The lowest BCUT2D eigenvalue weighted by Crippen LogP contribution is -2.37. The van der Waals surface area contributed by atoms with E-state index >= 15 is 0 Å². The van der Waals surface area contributed by atoms with Crippen molar-refractivity contribution in [1.29, 1.82) is 0 Å². The first kappa shape index (κ1) is 17.5. The molecule has 9 heteroatoms. The highest BCUT2D eigenvalue weighted by atomic mass is 16.5. The molecule has 154 valence electrons. The smallest absolute Gasteiger partial charge is 0.254 e. The molecule has 1 aromatic carbocycles. The van der Waals surface area contributed by atoms with E-state index in [2.05, 4.69) is 39.3 Å². The fraction of sp³-hybridized carbons (Fsp3) is 0.381. The zero-order valence-corrected chi connectivity index (χ0v) is 16.8. The summed E-state index contributed by atoms with van der Waals surface area (Å²) in [4.78, 5) is 14.3. The van der Waals surface area contributed by atoms with Crippen molar-refractivity contribution in [2.45, 2.75) is 13.5 Å². The Morgan fingerprint density at radius 3 is 2.77 bits per heavy atom. The van der Waals surface area contributed by atoms with E-state index in [0.29, 0.717) is 31.6 Å². The summed E-state index contributed by atoms with van der Waals surface area (Å²) in [7, 11) is 0. The Morgan fingerprint density at radius 1 is 1.07 bits per heavy atom. The van der Waals surface area contributed by atoms with Gasteiger partial charge in [-0.05, 0) is 18.1 Å². The number of hydrogen-bond acceptors (Lipinski definition) is 8. The molecule has 5 heterocycles. The van der Waals surface area contributed by atoms with Gasteiger partial charge in [0.05, 0.1) is 25.4 Å². The van der Waals surface area contributed by atoms with Gasteiger partial charge in [0.15, 0.2) is 11.6 Å². The lowest BCUT2D eigenvalue weighted by molar-refractivity contribution is 0.122. The molecular formula is C21H23N7O2. The number of ether oxygens (including phenoxy) is 2. The van der Waals surface area contributed by atoms with Gasteiger partial charge in [0, 0.05) is 25.8 Å². The predicted octanol–water partition coefficient (Wildman–Crippen LogP) is 2.27. The number of rotatable bonds is 3. The Balaban J connectivity index is 1.47. The van der Waals surface area contributed by atoms with Gasteiger partial charge in [0.25, 0.3) is 5.95 Å². The van der Waals surface area contributed by atoms with E-state index in [1.807, 2.05) is 18.3 Å². The van der Waals surface area contributed by atoms with Gasteiger partial charge < -0.3 is 24.6 Å².